The van der Waals surface area contributed by atoms with E-state index in [-0.39, 0.29) is 12.1 Å². The number of hydrogen-bond acceptors (Lipinski definition) is 2. The quantitative estimate of drug-likeness (QED) is 0.812. The van der Waals surface area contributed by atoms with Crippen molar-refractivity contribution in [2.45, 2.75) is 44.1 Å². The van der Waals surface area contributed by atoms with Gasteiger partial charge in [0, 0.05) is 12.1 Å². The Labute approximate surface area is 104 Å². The monoisotopic (exact) mass is 259 g/mol. The van der Waals surface area contributed by atoms with E-state index in [1.165, 1.54) is 12.1 Å². The zero-order valence-electron chi connectivity index (χ0n) is 10.0. The van der Waals surface area contributed by atoms with Crippen LogP contribution in [0.3, 0.4) is 0 Å². The minimum atomic E-state index is -4.30. The third-order valence-electron chi connectivity index (χ3n) is 3.26. The highest BCUT2D eigenvalue weighted by molar-refractivity contribution is 5.27. The summed E-state index contributed by atoms with van der Waals surface area (Å²) in [6.45, 7) is 1.96. The smallest absolute Gasteiger partial charge is 0.393 e. The Morgan fingerprint density at radius 1 is 1.17 bits per heavy atom. The fourth-order valence-electron chi connectivity index (χ4n) is 2.39. The maximum Gasteiger partial charge on any atom is 0.416 e. The molecule has 0 aromatic heterocycles. The molecule has 1 aliphatic heterocycles. The number of piperidine rings is 1. The van der Waals surface area contributed by atoms with Crippen molar-refractivity contribution in [3.63, 3.8) is 0 Å². The summed E-state index contributed by atoms with van der Waals surface area (Å²) >= 11 is 0. The minimum absolute atomic E-state index is 0.0777. The van der Waals surface area contributed by atoms with Gasteiger partial charge in [0.1, 0.15) is 0 Å². The summed E-state index contributed by atoms with van der Waals surface area (Å²) in [6, 6.07) is 5.22. The molecule has 1 aliphatic rings. The summed E-state index contributed by atoms with van der Waals surface area (Å²) in [5.74, 6) is 0. The van der Waals surface area contributed by atoms with E-state index in [0.717, 1.165) is 17.7 Å². The van der Waals surface area contributed by atoms with E-state index >= 15 is 0 Å². The summed E-state index contributed by atoms with van der Waals surface area (Å²) in [5.41, 5.74) is 0.143. The molecule has 0 amide bonds. The van der Waals surface area contributed by atoms with Gasteiger partial charge >= 0.3 is 6.18 Å². The fourth-order valence-corrected chi connectivity index (χ4v) is 2.39. The molecule has 0 aliphatic carbocycles. The van der Waals surface area contributed by atoms with E-state index in [9.17, 15) is 18.3 Å². The highest BCUT2D eigenvalue weighted by atomic mass is 19.4. The molecule has 0 unspecified atom stereocenters. The van der Waals surface area contributed by atoms with Crippen LogP contribution in [-0.2, 0) is 6.18 Å². The number of aliphatic hydroxyl groups is 1. The van der Waals surface area contributed by atoms with Gasteiger partial charge in [-0.2, -0.15) is 13.2 Å². The van der Waals surface area contributed by atoms with Crippen molar-refractivity contribution >= 4 is 0 Å². The topological polar surface area (TPSA) is 32.3 Å². The summed E-state index contributed by atoms with van der Waals surface area (Å²) in [5, 5.41) is 13.0. The van der Waals surface area contributed by atoms with E-state index in [4.69, 9.17) is 0 Å². The van der Waals surface area contributed by atoms with Crippen molar-refractivity contribution in [3.8, 4) is 0 Å². The Morgan fingerprint density at radius 2 is 1.78 bits per heavy atom. The molecule has 5 heteroatoms. The maximum absolute atomic E-state index is 12.4. The Balaban J connectivity index is 2.14. The van der Waals surface area contributed by atoms with Gasteiger partial charge in [0.2, 0.25) is 0 Å². The lowest BCUT2D eigenvalue weighted by atomic mass is 9.91. The molecule has 1 heterocycles. The first kappa shape index (κ1) is 13.4. The molecule has 0 spiro atoms. The number of nitrogens with one attached hydrogen (secondary N) is 1. The van der Waals surface area contributed by atoms with Crippen LogP contribution in [0.4, 0.5) is 13.2 Å². The summed E-state index contributed by atoms with van der Waals surface area (Å²) < 4.78 is 37.3. The summed E-state index contributed by atoms with van der Waals surface area (Å²) in [4.78, 5) is 0. The van der Waals surface area contributed by atoms with Crippen molar-refractivity contribution < 1.29 is 18.3 Å². The van der Waals surface area contributed by atoms with Gasteiger partial charge in [-0.15, -0.1) is 0 Å². The third kappa shape index (κ3) is 3.03. The number of rotatable bonds is 1. The van der Waals surface area contributed by atoms with Gasteiger partial charge < -0.3 is 10.4 Å². The van der Waals surface area contributed by atoms with Gasteiger partial charge in [-0.1, -0.05) is 12.1 Å². The van der Waals surface area contributed by atoms with Crippen LogP contribution in [0.5, 0.6) is 0 Å². The molecule has 1 aromatic carbocycles. The number of halogens is 3. The highest BCUT2D eigenvalue weighted by Gasteiger charge is 2.31. The number of aliphatic hydroxyl groups excluding tert-OH is 1. The second kappa shape index (κ2) is 4.90. The highest BCUT2D eigenvalue weighted by Crippen LogP contribution is 2.31. The largest absolute Gasteiger partial charge is 0.416 e. The van der Waals surface area contributed by atoms with Crippen LogP contribution in [0.1, 0.15) is 36.9 Å². The van der Waals surface area contributed by atoms with Gasteiger partial charge in [-0.05, 0) is 37.5 Å². The van der Waals surface area contributed by atoms with Crippen LogP contribution in [0.15, 0.2) is 24.3 Å². The number of hydrogen-bond donors (Lipinski definition) is 2. The molecule has 0 saturated carbocycles. The van der Waals surface area contributed by atoms with Crippen LogP contribution in [-0.4, -0.2) is 17.3 Å². The Bertz CT molecular complexity index is 392. The van der Waals surface area contributed by atoms with Gasteiger partial charge in [-0.25, -0.2) is 0 Å². The van der Waals surface area contributed by atoms with Crippen LogP contribution < -0.4 is 5.32 Å². The van der Waals surface area contributed by atoms with E-state index in [1.54, 1.807) is 0 Å². The molecule has 18 heavy (non-hydrogen) atoms. The van der Waals surface area contributed by atoms with Gasteiger partial charge in [0.15, 0.2) is 0 Å². The fraction of sp³-hybridized carbons (Fsp3) is 0.538. The molecular weight excluding hydrogens is 243 g/mol. The van der Waals surface area contributed by atoms with Crippen LogP contribution in [0.2, 0.25) is 0 Å². The van der Waals surface area contributed by atoms with Crippen molar-refractivity contribution in [2.24, 2.45) is 0 Å². The summed E-state index contributed by atoms with van der Waals surface area (Å²) in [7, 11) is 0. The standard InChI is InChI=1S/C13H16F3NO/c1-8-6-11(18)7-12(17-8)9-2-4-10(5-3-9)13(14,15)16/h2-5,8,11-12,17-18H,6-7H2,1H3/t8-,11+,12-/m0/s1. The van der Waals surface area contributed by atoms with Crippen molar-refractivity contribution in [2.75, 3.05) is 0 Å². The zero-order valence-corrected chi connectivity index (χ0v) is 10.0. The molecule has 2 nitrogen and oxygen atoms in total. The second-order valence-corrected chi connectivity index (χ2v) is 4.87. The van der Waals surface area contributed by atoms with Crippen molar-refractivity contribution in [1.82, 2.24) is 5.32 Å². The van der Waals surface area contributed by atoms with Gasteiger partial charge in [0.25, 0.3) is 0 Å². The van der Waals surface area contributed by atoms with Crippen molar-refractivity contribution in [3.05, 3.63) is 35.4 Å². The van der Waals surface area contributed by atoms with Crippen LogP contribution >= 0.6 is 0 Å². The molecule has 3 atom stereocenters. The number of benzene rings is 1. The van der Waals surface area contributed by atoms with E-state index in [0.29, 0.717) is 12.8 Å². The lowest BCUT2D eigenvalue weighted by Gasteiger charge is -2.32. The van der Waals surface area contributed by atoms with Crippen molar-refractivity contribution in [1.29, 1.82) is 0 Å². The van der Waals surface area contributed by atoms with E-state index < -0.39 is 17.8 Å². The molecule has 1 fully saturated rings. The van der Waals surface area contributed by atoms with Gasteiger partial charge in [0.05, 0.1) is 11.7 Å². The molecule has 0 radical (unpaired) electrons. The Hall–Kier alpha value is -1.07. The van der Waals surface area contributed by atoms with Crippen LogP contribution in [0, 0.1) is 0 Å². The molecule has 0 bridgehead atoms. The molecule has 100 valence electrons. The Kier molecular flexibility index (Phi) is 3.64. The third-order valence-corrected chi connectivity index (χ3v) is 3.26. The van der Waals surface area contributed by atoms with E-state index in [2.05, 4.69) is 5.32 Å². The first-order valence-corrected chi connectivity index (χ1v) is 5.97. The average molecular weight is 259 g/mol. The average Bonchev–Trinajstić information content (AvgIpc) is 2.27. The lowest BCUT2D eigenvalue weighted by Crippen LogP contribution is -2.40. The molecule has 1 saturated heterocycles. The maximum atomic E-state index is 12.4. The predicted molar refractivity (Wildman–Crippen MR) is 62.0 cm³/mol. The number of alkyl halides is 3. The molecule has 2 N–H and O–H groups in total. The molecule has 2 rings (SSSR count). The van der Waals surface area contributed by atoms with E-state index in [1.807, 2.05) is 6.92 Å². The SMILES string of the molecule is C[C@H]1C[C@@H](O)C[C@@H](c2ccc(C(F)(F)F)cc2)N1. The molecule has 1 aromatic rings. The summed E-state index contributed by atoms with van der Waals surface area (Å²) in [6.07, 6.45) is -3.48. The normalized spacial score (nSPS) is 29.3. The first-order valence-electron chi connectivity index (χ1n) is 5.97. The zero-order chi connectivity index (χ0) is 13.3. The predicted octanol–water partition coefficient (Wildman–Crippen LogP) is 2.88. The first-order chi connectivity index (χ1) is 8.36. The van der Waals surface area contributed by atoms with Crippen LogP contribution in [0.25, 0.3) is 0 Å². The lowest BCUT2D eigenvalue weighted by molar-refractivity contribution is -0.137. The minimum Gasteiger partial charge on any atom is -0.393 e. The Morgan fingerprint density at radius 3 is 2.28 bits per heavy atom. The second-order valence-electron chi connectivity index (χ2n) is 4.87. The molecular formula is C13H16F3NO. The van der Waals surface area contributed by atoms with Gasteiger partial charge in [-0.3, -0.25) is 0 Å².